The molecule has 6 heteroatoms. The van der Waals surface area contributed by atoms with E-state index in [0.717, 1.165) is 6.07 Å². The molecule has 0 N–H and O–H groups in total. The molecule has 1 aromatic rings. The van der Waals surface area contributed by atoms with Crippen LogP contribution < -0.4 is 4.74 Å². The van der Waals surface area contributed by atoms with Crippen molar-refractivity contribution < 1.29 is 27.0 Å². The van der Waals surface area contributed by atoms with Gasteiger partial charge < -0.3 is 4.74 Å². The van der Waals surface area contributed by atoms with Gasteiger partial charge in [-0.05, 0) is 12.1 Å². The van der Waals surface area contributed by atoms with Gasteiger partial charge in [0.15, 0.2) is 0 Å². The Balaban J connectivity index is 2.26. The molecule has 0 amide bonds. The lowest BCUT2D eigenvalue weighted by atomic mass is 10.3. The van der Waals surface area contributed by atoms with Gasteiger partial charge in [0.2, 0.25) is 0 Å². The molecule has 0 aromatic heterocycles. The van der Waals surface area contributed by atoms with Crippen LogP contribution in [0.4, 0.5) is 17.6 Å². The normalized spacial score (nSPS) is 11.5. The molecule has 0 unspecified atom stereocenters. The lowest BCUT2D eigenvalue weighted by Gasteiger charge is -2.08. The highest BCUT2D eigenvalue weighted by Gasteiger charge is 2.28. The number of hydrogen-bond donors (Lipinski definition) is 0. The van der Waals surface area contributed by atoms with Crippen LogP contribution in [0.15, 0.2) is 24.3 Å². The zero-order valence-electron chi connectivity index (χ0n) is 7.55. The van der Waals surface area contributed by atoms with Gasteiger partial charge in [0.05, 0.1) is 6.61 Å². The first-order valence-electron chi connectivity index (χ1n) is 4.06. The first-order valence-corrected chi connectivity index (χ1v) is 4.06. The quantitative estimate of drug-likeness (QED) is 0.578. The fourth-order valence-electron chi connectivity index (χ4n) is 0.874. The van der Waals surface area contributed by atoms with E-state index in [1.54, 1.807) is 0 Å². The number of ether oxygens (including phenoxy) is 2. The van der Waals surface area contributed by atoms with Crippen molar-refractivity contribution in [2.24, 2.45) is 0 Å². The second-order valence-electron chi connectivity index (χ2n) is 2.60. The molecule has 0 spiro atoms. The highest BCUT2D eigenvalue weighted by Crippen LogP contribution is 2.16. The smallest absolute Gasteiger partial charge is 0.491 e. The largest absolute Gasteiger partial charge is 0.522 e. The van der Waals surface area contributed by atoms with Crippen LogP contribution >= 0.6 is 0 Å². The Morgan fingerprint density at radius 3 is 2.47 bits per heavy atom. The molecular weight excluding hydrogens is 216 g/mol. The molecule has 2 nitrogen and oxygen atoms in total. The molecule has 0 radical (unpaired) electrons. The SMILES string of the molecule is Fc1cccc(OCCOC(F)(F)F)c1. The van der Waals surface area contributed by atoms with E-state index in [4.69, 9.17) is 4.74 Å². The molecule has 0 saturated carbocycles. The van der Waals surface area contributed by atoms with Gasteiger partial charge in [-0.25, -0.2) is 4.39 Å². The van der Waals surface area contributed by atoms with E-state index < -0.39 is 18.8 Å². The molecule has 0 bridgehead atoms. The summed E-state index contributed by atoms with van der Waals surface area (Å²) in [6.07, 6.45) is -4.66. The Morgan fingerprint density at radius 1 is 1.13 bits per heavy atom. The maximum Gasteiger partial charge on any atom is 0.522 e. The molecule has 1 rings (SSSR count). The Hall–Kier alpha value is -1.30. The molecule has 84 valence electrons. The predicted octanol–water partition coefficient (Wildman–Crippen LogP) is 2.74. The van der Waals surface area contributed by atoms with Crippen LogP contribution in [0.5, 0.6) is 5.75 Å². The molecular formula is C9H8F4O2. The van der Waals surface area contributed by atoms with E-state index in [1.165, 1.54) is 18.2 Å². The second-order valence-corrected chi connectivity index (χ2v) is 2.60. The monoisotopic (exact) mass is 224 g/mol. The van der Waals surface area contributed by atoms with Crippen molar-refractivity contribution in [3.05, 3.63) is 30.1 Å². The molecule has 0 saturated heterocycles. The van der Waals surface area contributed by atoms with Crippen molar-refractivity contribution in [3.8, 4) is 5.75 Å². The van der Waals surface area contributed by atoms with Gasteiger partial charge in [-0.15, -0.1) is 13.2 Å². The maximum atomic E-state index is 12.6. The van der Waals surface area contributed by atoms with E-state index in [1.807, 2.05) is 0 Å². The first kappa shape index (κ1) is 11.8. The summed E-state index contributed by atoms with van der Waals surface area (Å²) in [4.78, 5) is 0. The zero-order chi connectivity index (χ0) is 11.3. The second kappa shape index (κ2) is 4.97. The molecule has 1 aromatic carbocycles. The summed E-state index contributed by atoms with van der Waals surface area (Å²) >= 11 is 0. The molecule has 0 aliphatic heterocycles. The predicted molar refractivity (Wildman–Crippen MR) is 43.9 cm³/mol. The van der Waals surface area contributed by atoms with Crippen LogP contribution in [0.3, 0.4) is 0 Å². The molecule has 15 heavy (non-hydrogen) atoms. The third-order valence-electron chi connectivity index (χ3n) is 1.41. The van der Waals surface area contributed by atoms with Crippen LogP contribution in [0.2, 0.25) is 0 Å². The van der Waals surface area contributed by atoms with Crippen molar-refractivity contribution in [3.63, 3.8) is 0 Å². The van der Waals surface area contributed by atoms with Crippen LogP contribution in [-0.4, -0.2) is 19.6 Å². The van der Waals surface area contributed by atoms with E-state index in [2.05, 4.69) is 4.74 Å². The van der Waals surface area contributed by atoms with E-state index >= 15 is 0 Å². The average molecular weight is 224 g/mol. The molecule has 0 heterocycles. The topological polar surface area (TPSA) is 18.5 Å². The standard InChI is InChI=1S/C9H8F4O2/c10-7-2-1-3-8(6-7)14-4-5-15-9(11,12)13/h1-3,6H,4-5H2. The van der Waals surface area contributed by atoms with Crippen molar-refractivity contribution in [1.82, 2.24) is 0 Å². The summed E-state index contributed by atoms with van der Waals surface area (Å²) < 4.78 is 55.4. The number of benzene rings is 1. The van der Waals surface area contributed by atoms with Crippen LogP contribution in [0.25, 0.3) is 0 Å². The molecule has 0 atom stereocenters. The van der Waals surface area contributed by atoms with E-state index in [0.29, 0.717) is 0 Å². The van der Waals surface area contributed by atoms with Gasteiger partial charge in [-0.2, -0.15) is 0 Å². The third kappa shape index (κ3) is 5.21. The number of halogens is 4. The number of hydrogen-bond acceptors (Lipinski definition) is 2. The Kier molecular flexibility index (Phi) is 3.90. The molecule has 0 fully saturated rings. The van der Waals surface area contributed by atoms with Gasteiger partial charge in [0, 0.05) is 6.07 Å². The Labute approximate surface area is 83.4 Å². The summed E-state index contributed by atoms with van der Waals surface area (Å²) in [5.41, 5.74) is 0. The summed E-state index contributed by atoms with van der Waals surface area (Å²) in [7, 11) is 0. The van der Waals surface area contributed by atoms with Gasteiger partial charge >= 0.3 is 6.36 Å². The molecule has 0 aliphatic carbocycles. The van der Waals surface area contributed by atoms with Crippen LogP contribution in [0.1, 0.15) is 0 Å². The van der Waals surface area contributed by atoms with E-state index in [9.17, 15) is 17.6 Å². The Morgan fingerprint density at radius 2 is 1.87 bits per heavy atom. The third-order valence-corrected chi connectivity index (χ3v) is 1.41. The van der Waals surface area contributed by atoms with Crippen LogP contribution in [0, 0.1) is 5.82 Å². The van der Waals surface area contributed by atoms with Crippen molar-refractivity contribution in [1.29, 1.82) is 0 Å². The zero-order valence-corrected chi connectivity index (χ0v) is 7.55. The summed E-state index contributed by atoms with van der Waals surface area (Å²) in [5, 5.41) is 0. The average Bonchev–Trinajstić information content (AvgIpc) is 2.11. The van der Waals surface area contributed by atoms with Crippen LogP contribution in [-0.2, 0) is 4.74 Å². The maximum absolute atomic E-state index is 12.6. The first-order chi connectivity index (χ1) is 6.97. The minimum Gasteiger partial charge on any atom is -0.491 e. The number of alkyl halides is 3. The van der Waals surface area contributed by atoms with E-state index in [-0.39, 0.29) is 12.4 Å². The molecule has 0 aliphatic rings. The highest BCUT2D eigenvalue weighted by molar-refractivity contribution is 5.22. The van der Waals surface area contributed by atoms with Gasteiger partial charge in [0.25, 0.3) is 0 Å². The minimum atomic E-state index is -4.66. The lowest BCUT2D eigenvalue weighted by molar-refractivity contribution is -0.325. The lowest BCUT2D eigenvalue weighted by Crippen LogP contribution is -2.18. The summed E-state index contributed by atoms with van der Waals surface area (Å²) in [6, 6.07) is 5.12. The summed E-state index contributed by atoms with van der Waals surface area (Å²) in [5.74, 6) is -0.343. The highest BCUT2D eigenvalue weighted by atomic mass is 19.4. The fraction of sp³-hybridized carbons (Fsp3) is 0.333. The van der Waals surface area contributed by atoms with Gasteiger partial charge in [-0.3, -0.25) is 4.74 Å². The minimum absolute atomic E-state index is 0.167. The van der Waals surface area contributed by atoms with Crippen molar-refractivity contribution >= 4 is 0 Å². The fourth-order valence-corrected chi connectivity index (χ4v) is 0.874. The summed E-state index contributed by atoms with van der Waals surface area (Å²) in [6.45, 7) is -0.914. The van der Waals surface area contributed by atoms with Gasteiger partial charge in [-0.1, -0.05) is 6.07 Å². The van der Waals surface area contributed by atoms with Gasteiger partial charge in [0.1, 0.15) is 18.2 Å². The Bertz CT molecular complexity index is 311. The van der Waals surface area contributed by atoms with Crippen molar-refractivity contribution in [2.45, 2.75) is 6.36 Å². The number of rotatable bonds is 4. The van der Waals surface area contributed by atoms with Crippen molar-refractivity contribution in [2.75, 3.05) is 13.2 Å².